The van der Waals surface area contributed by atoms with Crippen molar-refractivity contribution in [3.63, 3.8) is 0 Å². The fourth-order valence-electron chi connectivity index (χ4n) is 1.06. The number of alkyl halides is 2. The second kappa shape index (κ2) is 4.29. The van der Waals surface area contributed by atoms with Gasteiger partial charge in [-0.3, -0.25) is 0 Å². The van der Waals surface area contributed by atoms with Gasteiger partial charge in [-0.1, -0.05) is 11.6 Å². The summed E-state index contributed by atoms with van der Waals surface area (Å²) in [7, 11) is -4.47. The van der Waals surface area contributed by atoms with Crippen molar-refractivity contribution < 1.29 is 17.2 Å². The van der Waals surface area contributed by atoms with Crippen LogP contribution in [0.25, 0.3) is 0 Å². The first-order chi connectivity index (χ1) is 7.29. The van der Waals surface area contributed by atoms with Crippen LogP contribution in [-0.4, -0.2) is 13.4 Å². The average molecular weight is 268 g/mol. The highest BCUT2D eigenvalue weighted by atomic mass is 35.5. The highest BCUT2D eigenvalue weighted by Crippen LogP contribution is 2.32. The molecule has 0 unspecified atom stereocenters. The monoisotopic (exact) mass is 267 g/mol. The molecule has 1 aromatic rings. The average Bonchev–Trinajstić information content (AvgIpc) is 2.15. The molecule has 5 nitrogen and oxygen atoms in total. The zero-order chi connectivity index (χ0) is 12.5. The van der Waals surface area contributed by atoms with E-state index in [1.807, 2.05) is 0 Å². The summed E-state index contributed by atoms with van der Waals surface area (Å²) in [5.41, 5.74) is -1.60. The Morgan fingerprint density at radius 2 is 2.12 bits per heavy atom. The number of nitriles is 1. The van der Waals surface area contributed by atoms with Crippen molar-refractivity contribution in [3.05, 3.63) is 22.5 Å². The third kappa shape index (κ3) is 2.27. The molecule has 9 heteroatoms. The predicted molar refractivity (Wildman–Crippen MR) is 50.3 cm³/mol. The highest BCUT2D eigenvalue weighted by Gasteiger charge is 2.28. The van der Waals surface area contributed by atoms with Crippen molar-refractivity contribution in [1.82, 2.24) is 4.98 Å². The van der Waals surface area contributed by atoms with Gasteiger partial charge in [-0.15, -0.1) is 0 Å². The van der Waals surface area contributed by atoms with Gasteiger partial charge in [-0.05, 0) is 0 Å². The molecule has 0 aromatic carbocycles. The lowest BCUT2D eigenvalue weighted by molar-refractivity contribution is 0.147. The maximum absolute atomic E-state index is 12.6. The molecular formula is C7H4ClF2N3O2S. The van der Waals surface area contributed by atoms with E-state index in [9.17, 15) is 17.2 Å². The minimum atomic E-state index is -4.47. The van der Waals surface area contributed by atoms with Crippen LogP contribution in [0.5, 0.6) is 0 Å². The molecule has 0 fully saturated rings. The summed E-state index contributed by atoms with van der Waals surface area (Å²) in [6.45, 7) is 0. The Bertz CT molecular complexity index is 568. The Morgan fingerprint density at radius 1 is 1.56 bits per heavy atom. The number of hydrogen-bond donors (Lipinski definition) is 1. The lowest BCUT2D eigenvalue weighted by atomic mass is 10.1. The number of hydrogen-bond acceptors (Lipinski definition) is 4. The molecule has 16 heavy (non-hydrogen) atoms. The SMILES string of the molecule is N#Cc1cnc(Cl)c(S(N)(=O)=O)c1C(F)F. The van der Waals surface area contributed by atoms with Crippen molar-refractivity contribution in [3.8, 4) is 6.07 Å². The van der Waals surface area contributed by atoms with Crippen LogP contribution in [-0.2, 0) is 10.0 Å². The third-order valence-electron chi connectivity index (χ3n) is 1.65. The summed E-state index contributed by atoms with van der Waals surface area (Å²) in [6.07, 6.45) is -2.43. The molecule has 0 aliphatic heterocycles. The van der Waals surface area contributed by atoms with Gasteiger partial charge in [0.2, 0.25) is 10.0 Å². The topological polar surface area (TPSA) is 96.8 Å². The van der Waals surface area contributed by atoms with Gasteiger partial charge in [0.15, 0.2) is 0 Å². The molecule has 0 saturated heterocycles. The van der Waals surface area contributed by atoms with Crippen molar-refractivity contribution in [2.45, 2.75) is 11.3 Å². The summed E-state index contributed by atoms with van der Waals surface area (Å²) < 4.78 is 47.4. The first-order valence-electron chi connectivity index (χ1n) is 3.68. The molecule has 1 aromatic heterocycles. The van der Waals surface area contributed by atoms with E-state index in [-0.39, 0.29) is 0 Å². The van der Waals surface area contributed by atoms with E-state index >= 15 is 0 Å². The number of halogens is 3. The van der Waals surface area contributed by atoms with E-state index in [1.165, 1.54) is 6.07 Å². The number of sulfonamides is 1. The Morgan fingerprint density at radius 3 is 2.50 bits per heavy atom. The number of rotatable bonds is 2. The first kappa shape index (κ1) is 12.8. The van der Waals surface area contributed by atoms with Crippen molar-refractivity contribution >= 4 is 21.6 Å². The minimum absolute atomic E-state index is 0.580. The number of aromatic nitrogens is 1. The van der Waals surface area contributed by atoms with E-state index < -0.39 is 37.6 Å². The van der Waals surface area contributed by atoms with E-state index in [0.717, 1.165) is 6.20 Å². The standard InChI is InChI=1S/C7H4ClF2N3O2S/c8-6-5(16(12,14)15)4(7(9)10)3(1-11)2-13-6/h2,7H,(H2,12,14,15). The molecule has 0 aliphatic rings. The Hall–Kier alpha value is -1.30. The van der Waals surface area contributed by atoms with Gasteiger partial charge in [0.05, 0.1) is 11.1 Å². The Labute approximate surface area is 94.5 Å². The Balaban J connectivity index is 3.78. The molecule has 0 spiro atoms. The minimum Gasteiger partial charge on any atom is -0.242 e. The zero-order valence-electron chi connectivity index (χ0n) is 7.49. The van der Waals surface area contributed by atoms with E-state index in [0.29, 0.717) is 0 Å². The van der Waals surface area contributed by atoms with Crippen LogP contribution in [0, 0.1) is 11.3 Å². The van der Waals surface area contributed by atoms with Gasteiger partial charge in [-0.2, -0.15) is 5.26 Å². The van der Waals surface area contributed by atoms with Gasteiger partial charge < -0.3 is 0 Å². The maximum Gasteiger partial charge on any atom is 0.266 e. The Kier molecular flexibility index (Phi) is 3.42. The summed E-state index contributed by atoms with van der Waals surface area (Å²) >= 11 is 5.37. The van der Waals surface area contributed by atoms with E-state index in [4.69, 9.17) is 22.0 Å². The van der Waals surface area contributed by atoms with Crippen LogP contribution >= 0.6 is 11.6 Å². The fourth-order valence-corrected chi connectivity index (χ4v) is 2.33. The second-order valence-corrected chi connectivity index (χ2v) is 4.52. The smallest absolute Gasteiger partial charge is 0.242 e. The molecule has 0 aliphatic carbocycles. The molecule has 1 rings (SSSR count). The van der Waals surface area contributed by atoms with Gasteiger partial charge in [-0.25, -0.2) is 27.3 Å². The molecule has 0 amide bonds. The molecule has 1 heterocycles. The van der Waals surface area contributed by atoms with Crippen LogP contribution in [0.1, 0.15) is 17.6 Å². The largest absolute Gasteiger partial charge is 0.266 e. The molecule has 2 N–H and O–H groups in total. The second-order valence-electron chi connectivity index (χ2n) is 2.66. The molecule has 86 valence electrons. The molecule has 0 radical (unpaired) electrons. The van der Waals surface area contributed by atoms with E-state index in [1.54, 1.807) is 0 Å². The van der Waals surface area contributed by atoms with E-state index in [2.05, 4.69) is 4.98 Å². The summed E-state index contributed by atoms with van der Waals surface area (Å²) in [5.74, 6) is 0. The molecule has 0 bridgehead atoms. The third-order valence-corrected chi connectivity index (χ3v) is 3.03. The lowest BCUT2D eigenvalue weighted by Gasteiger charge is -2.09. The number of nitrogens with zero attached hydrogens (tertiary/aromatic N) is 2. The van der Waals surface area contributed by atoms with Gasteiger partial charge >= 0.3 is 0 Å². The predicted octanol–water partition coefficient (Wildman–Crippen LogP) is 1.19. The number of pyridine rings is 1. The van der Waals surface area contributed by atoms with Crippen LogP contribution in [0.15, 0.2) is 11.1 Å². The van der Waals surface area contributed by atoms with Crippen LogP contribution < -0.4 is 5.14 Å². The van der Waals surface area contributed by atoms with Gasteiger partial charge in [0.1, 0.15) is 16.1 Å². The first-order valence-corrected chi connectivity index (χ1v) is 5.61. The van der Waals surface area contributed by atoms with Crippen molar-refractivity contribution in [1.29, 1.82) is 5.26 Å². The maximum atomic E-state index is 12.6. The number of nitrogens with two attached hydrogens (primary N) is 1. The van der Waals surface area contributed by atoms with Crippen LogP contribution in [0.3, 0.4) is 0 Å². The summed E-state index contributed by atoms with van der Waals surface area (Å²) in [6, 6.07) is 1.40. The van der Waals surface area contributed by atoms with Crippen molar-refractivity contribution in [2.24, 2.45) is 5.14 Å². The number of primary sulfonamides is 1. The van der Waals surface area contributed by atoms with Gasteiger partial charge in [0, 0.05) is 6.20 Å². The van der Waals surface area contributed by atoms with Crippen LogP contribution in [0.2, 0.25) is 5.15 Å². The fraction of sp³-hybridized carbons (Fsp3) is 0.143. The van der Waals surface area contributed by atoms with Crippen molar-refractivity contribution in [2.75, 3.05) is 0 Å². The molecule has 0 saturated carbocycles. The summed E-state index contributed by atoms with van der Waals surface area (Å²) in [5, 5.41) is 12.6. The molecular weight excluding hydrogens is 264 g/mol. The normalized spacial score (nSPS) is 11.5. The quantitative estimate of drug-likeness (QED) is 0.814. The van der Waals surface area contributed by atoms with Gasteiger partial charge in [0.25, 0.3) is 6.43 Å². The lowest BCUT2D eigenvalue weighted by Crippen LogP contribution is -2.17. The zero-order valence-corrected chi connectivity index (χ0v) is 9.06. The highest BCUT2D eigenvalue weighted by molar-refractivity contribution is 7.89. The molecule has 0 atom stereocenters. The summed E-state index contributed by atoms with van der Waals surface area (Å²) in [4.78, 5) is 2.30. The van der Waals surface area contributed by atoms with Crippen LogP contribution in [0.4, 0.5) is 8.78 Å².